The highest BCUT2D eigenvalue weighted by Crippen LogP contribution is 2.48. The van der Waals surface area contributed by atoms with Gasteiger partial charge >= 0.3 is 5.97 Å². The third-order valence-corrected chi connectivity index (χ3v) is 5.04. The first-order chi connectivity index (χ1) is 10.0. The van der Waals surface area contributed by atoms with Crippen molar-refractivity contribution < 1.29 is 14.6 Å². The van der Waals surface area contributed by atoms with E-state index in [9.17, 15) is 9.90 Å². The summed E-state index contributed by atoms with van der Waals surface area (Å²) in [6, 6.07) is 9.07. The first-order valence-electron chi connectivity index (χ1n) is 7.71. The molecule has 2 aliphatic rings. The second-order valence-electron chi connectivity index (χ2n) is 6.54. The highest BCUT2D eigenvalue weighted by molar-refractivity contribution is 5.81. The Labute approximate surface area is 125 Å². The number of hydrogen-bond donors (Lipinski definition) is 2. The first-order valence-corrected chi connectivity index (χ1v) is 7.71. The molecule has 21 heavy (non-hydrogen) atoms. The minimum absolute atomic E-state index is 0.243. The van der Waals surface area contributed by atoms with E-state index in [2.05, 4.69) is 5.32 Å². The number of benzene rings is 1. The van der Waals surface area contributed by atoms with Crippen molar-refractivity contribution >= 4 is 5.97 Å². The van der Waals surface area contributed by atoms with Gasteiger partial charge in [-0.15, -0.1) is 0 Å². The molecule has 4 heteroatoms. The van der Waals surface area contributed by atoms with Crippen LogP contribution in [-0.4, -0.2) is 30.8 Å². The largest absolute Gasteiger partial charge is 0.463 e. The van der Waals surface area contributed by atoms with Crippen LogP contribution in [0.4, 0.5) is 0 Å². The molecule has 2 N–H and O–H groups in total. The lowest BCUT2D eigenvalue weighted by Crippen LogP contribution is -2.42. The maximum atomic E-state index is 12.5. The molecule has 0 radical (unpaired) electrons. The van der Waals surface area contributed by atoms with Crippen LogP contribution in [0.1, 0.15) is 19.4 Å². The summed E-state index contributed by atoms with van der Waals surface area (Å²) >= 11 is 0. The van der Waals surface area contributed by atoms with Crippen LogP contribution in [0.5, 0.6) is 0 Å². The molecule has 1 aromatic rings. The SMILES string of the molecule is CC(C)C(O)(C(=O)OCC1[C@H]2CNC[C@@H]12)c1ccccc1. The molecular formula is C17H23NO3. The number of carbonyl (C=O) groups excluding carboxylic acids is 1. The molecule has 0 bridgehead atoms. The molecule has 1 aromatic carbocycles. The molecule has 4 nitrogen and oxygen atoms in total. The summed E-state index contributed by atoms with van der Waals surface area (Å²) in [7, 11) is 0. The monoisotopic (exact) mass is 289 g/mol. The number of piperidine rings is 1. The maximum absolute atomic E-state index is 12.5. The molecule has 4 atom stereocenters. The van der Waals surface area contributed by atoms with Crippen molar-refractivity contribution in [1.82, 2.24) is 5.32 Å². The summed E-state index contributed by atoms with van der Waals surface area (Å²) < 4.78 is 5.47. The Kier molecular flexibility index (Phi) is 3.76. The Morgan fingerprint density at radius 3 is 2.52 bits per heavy atom. The molecule has 2 unspecified atom stereocenters. The van der Waals surface area contributed by atoms with Crippen molar-refractivity contribution in [2.75, 3.05) is 19.7 Å². The van der Waals surface area contributed by atoms with Crippen LogP contribution in [0.15, 0.2) is 30.3 Å². The van der Waals surface area contributed by atoms with E-state index in [1.807, 2.05) is 32.0 Å². The van der Waals surface area contributed by atoms with Crippen LogP contribution < -0.4 is 5.32 Å². The molecule has 0 aromatic heterocycles. The standard InChI is InChI=1S/C17H23NO3/c1-11(2)17(20,12-6-4-3-5-7-12)16(19)21-10-15-13-8-18-9-14(13)15/h3-7,11,13-15,18,20H,8-10H2,1-2H3/t13-,14+,15?,17?. The fraction of sp³-hybridized carbons (Fsp3) is 0.588. The second-order valence-corrected chi connectivity index (χ2v) is 6.54. The molecule has 3 rings (SSSR count). The van der Waals surface area contributed by atoms with Crippen LogP contribution in [0.2, 0.25) is 0 Å². The number of nitrogens with one attached hydrogen (secondary N) is 1. The minimum Gasteiger partial charge on any atom is -0.463 e. The van der Waals surface area contributed by atoms with Crippen molar-refractivity contribution in [3.05, 3.63) is 35.9 Å². The number of ether oxygens (including phenoxy) is 1. The predicted octanol–water partition coefficient (Wildman–Crippen LogP) is 1.54. The Bertz CT molecular complexity index is 506. The molecule has 1 aliphatic carbocycles. The average molecular weight is 289 g/mol. The molecule has 1 saturated heterocycles. The van der Waals surface area contributed by atoms with Gasteiger partial charge in [-0.25, -0.2) is 4.79 Å². The van der Waals surface area contributed by atoms with Gasteiger partial charge in [0.15, 0.2) is 5.60 Å². The summed E-state index contributed by atoms with van der Waals surface area (Å²) in [4.78, 5) is 12.5. The van der Waals surface area contributed by atoms with Gasteiger partial charge in [-0.3, -0.25) is 0 Å². The van der Waals surface area contributed by atoms with E-state index in [1.54, 1.807) is 12.1 Å². The van der Waals surface area contributed by atoms with E-state index < -0.39 is 11.6 Å². The average Bonchev–Trinajstić information content (AvgIpc) is 2.93. The molecule has 1 heterocycles. The number of aliphatic hydroxyl groups is 1. The van der Waals surface area contributed by atoms with Gasteiger partial charge in [0, 0.05) is 5.92 Å². The van der Waals surface area contributed by atoms with Gasteiger partial charge in [0.2, 0.25) is 0 Å². The van der Waals surface area contributed by atoms with E-state index in [0.717, 1.165) is 13.1 Å². The van der Waals surface area contributed by atoms with Crippen molar-refractivity contribution in [2.45, 2.75) is 19.4 Å². The first kappa shape index (κ1) is 14.5. The molecule has 0 spiro atoms. The van der Waals surface area contributed by atoms with Gasteiger partial charge in [-0.2, -0.15) is 0 Å². The highest BCUT2D eigenvalue weighted by Gasteiger charge is 2.54. The fourth-order valence-corrected chi connectivity index (χ4v) is 3.45. The summed E-state index contributed by atoms with van der Waals surface area (Å²) in [5, 5.41) is 14.2. The van der Waals surface area contributed by atoms with Crippen molar-refractivity contribution in [3.63, 3.8) is 0 Å². The Hall–Kier alpha value is -1.39. The van der Waals surface area contributed by atoms with Gasteiger partial charge in [-0.1, -0.05) is 44.2 Å². The summed E-state index contributed by atoms with van der Waals surface area (Å²) in [6.45, 7) is 6.16. The van der Waals surface area contributed by atoms with E-state index in [-0.39, 0.29) is 5.92 Å². The van der Waals surface area contributed by atoms with Gasteiger partial charge in [0.25, 0.3) is 0 Å². The van der Waals surface area contributed by atoms with Crippen LogP contribution in [0, 0.1) is 23.7 Å². The third kappa shape index (κ3) is 2.47. The zero-order valence-corrected chi connectivity index (χ0v) is 12.6. The Balaban J connectivity index is 1.67. The fourth-order valence-electron chi connectivity index (χ4n) is 3.45. The van der Waals surface area contributed by atoms with Crippen molar-refractivity contribution in [2.24, 2.45) is 23.7 Å². The van der Waals surface area contributed by atoms with Crippen LogP contribution in [0.25, 0.3) is 0 Å². The number of rotatable bonds is 5. The molecule has 1 saturated carbocycles. The quantitative estimate of drug-likeness (QED) is 0.807. The minimum atomic E-state index is -1.57. The topological polar surface area (TPSA) is 58.6 Å². The summed E-state index contributed by atoms with van der Waals surface area (Å²) in [5.74, 6) is 1.01. The Morgan fingerprint density at radius 1 is 1.33 bits per heavy atom. The zero-order chi connectivity index (χ0) is 15.0. The number of hydrogen-bond acceptors (Lipinski definition) is 4. The summed E-state index contributed by atoms with van der Waals surface area (Å²) in [5.41, 5.74) is -0.966. The maximum Gasteiger partial charge on any atom is 0.343 e. The zero-order valence-electron chi connectivity index (χ0n) is 12.6. The smallest absolute Gasteiger partial charge is 0.343 e. The number of fused-ring (bicyclic) bond motifs is 1. The van der Waals surface area contributed by atoms with E-state index >= 15 is 0 Å². The van der Waals surface area contributed by atoms with Gasteiger partial charge in [-0.05, 0) is 36.4 Å². The molecule has 0 amide bonds. The van der Waals surface area contributed by atoms with E-state index in [0.29, 0.717) is 29.9 Å². The number of carbonyl (C=O) groups is 1. The molecular weight excluding hydrogens is 266 g/mol. The lowest BCUT2D eigenvalue weighted by atomic mass is 9.83. The van der Waals surface area contributed by atoms with E-state index in [1.165, 1.54) is 0 Å². The van der Waals surface area contributed by atoms with Gasteiger partial charge < -0.3 is 15.2 Å². The molecule has 1 aliphatic heterocycles. The van der Waals surface area contributed by atoms with E-state index in [4.69, 9.17) is 4.74 Å². The van der Waals surface area contributed by atoms with Crippen LogP contribution >= 0.6 is 0 Å². The lowest BCUT2D eigenvalue weighted by Gasteiger charge is -2.30. The Morgan fingerprint density at radius 2 is 1.95 bits per heavy atom. The second kappa shape index (κ2) is 5.43. The van der Waals surface area contributed by atoms with Crippen LogP contribution in [-0.2, 0) is 15.1 Å². The molecule has 114 valence electrons. The highest BCUT2D eigenvalue weighted by atomic mass is 16.5. The summed E-state index contributed by atoms with van der Waals surface area (Å²) in [6.07, 6.45) is 0. The predicted molar refractivity (Wildman–Crippen MR) is 79.5 cm³/mol. The normalized spacial score (nSPS) is 29.8. The van der Waals surface area contributed by atoms with Crippen molar-refractivity contribution in [1.29, 1.82) is 0 Å². The third-order valence-electron chi connectivity index (χ3n) is 5.04. The van der Waals surface area contributed by atoms with Crippen molar-refractivity contribution in [3.8, 4) is 0 Å². The van der Waals surface area contributed by atoms with Gasteiger partial charge in [0.1, 0.15) is 0 Å². The molecule has 2 fully saturated rings. The number of esters is 1. The van der Waals surface area contributed by atoms with Crippen LogP contribution in [0.3, 0.4) is 0 Å². The lowest BCUT2D eigenvalue weighted by molar-refractivity contribution is -0.173. The van der Waals surface area contributed by atoms with Gasteiger partial charge in [0.05, 0.1) is 6.61 Å².